The third kappa shape index (κ3) is 2.44. The van der Waals surface area contributed by atoms with Crippen molar-refractivity contribution >= 4 is 17.6 Å². The van der Waals surface area contributed by atoms with Gasteiger partial charge >= 0.3 is 5.97 Å². The zero-order valence-corrected chi connectivity index (χ0v) is 10.6. The Morgan fingerprint density at radius 3 is 2.32 bits per heavy atom. The molecular weight excluding hydrogens is 274 g/mol. The molecule has 2 nitrogen and oxygen atoms in total. The van der Waals surface area contributed by atoms with Gasteiger partial charge in [-0.25, -0.2) is 13.6 Å². The number of benzene rings is 2. The third-order valence-corrected chi connectivity index (χ3v) is 3.09. The predicted octanol–water partition coefficient (Wildman–Crippen LogP) is 4.29. The molecule has 98 valence electrons. The van der Waals surface area contributed by atoms with Crippen molar-refractivity contribution < 1.29 is 18.7 Å². The van der Waals surface area contributed by atoms with Crippen LogP contribution in [0.2, 0.25) is 5.02 Å². The lowest BCUT2D eigenvalue weighted by Crippen LogP contribution is -1.97. The molecule has 0 aliphatic heterocycles. The standard InChI is InChI=1S/C14H9ClF2O2/c1-7-2-4-10(13(17)12(7)16)9-5-3-8(14(18)19)6-11(9)15/h2-6H,1H3,(H,18,19). The molecule has 5 heteroatoms. The number of aromatic carboxylic acids is 1. The monoisotopic (exact) mass is 282 g/mol. The van der Waals surface area contributed by atoms with Crippen molar-refractivity contribution in [3.63, 3.8) is 0 Å². The number of carboxylic acid groups (broad SMARTS) is 1. The number of carbonyl (C=O) groups is 1. The molecule has 0 aromatic heterocycles. The van der Waals surface area contributed by atoms with E-state index in [1.165, 1.54) is 37.3 Å². The summed E-state index contributed by atoms with van der Waals surface area (Å²) in [6.07, 6.45) is 0. The molecule has 0 amide bonds. The Balaban J connectivity index is 2.60. The van der Waals surface area contributed by atoms with E-state index in [-0.39, 0.29) is 27.3 Å². The van der Waals surface area contributed by atoms with Crippen LogP contribution < -0.4 is 0 Å². The van der Waals surface area contributed by atoms with Crippen LogP contribution in [0.4, 0.5) is 8.78 Å². The van der Waals surface area contributed by atoms with Crippen LogP contribution in [0.15, 0.2) is 30.3 Å². The van der Waals surface area contributed by atoms with Crippen LogP contribution in [-0.2, 0) is 0 Å². The minimum atomic E-state index is -1.14. The molecule has 2 aromatic carbocycles. The Hall–Kier alpha value is -1.94. The molecule has 19 heavy (non-hydrogen) atoms. The maximum atomic E-state index is 13.8. The average molecular weight is 283 g/mol. The number of rotatable bonds is 2. The average Bonchev–Trinajstić information content (AvgIpc) is 2.37. The molecule has 0 saturated carbocycles. The van der Waals surface area contributed by atoms with Crippen LogP contribution in [0.3, 0.4) is 0 Å². The minimum Gasteiger partial charge on any atom is -0.478 e. The molecule has 1 N–H and O–H groups in total. The topological polar surface area (TPSA) is 37.3 Å². The second-order valence-electron chi connectivity index (χ2n) is 4.06. The number of hydrogen-bond donors (Lipinski definition) is 1. The van der Waals surface area contributed by atoms with Gasteiger partial charge < -0.3 is 5.11 Å². The summed E-state index contributed by atoms with van der Waals surface area (Å²) in [5.41, 5.74) is 0.439. The Morgan fingerprint density at radius 1 is 1.11 bits per heavy atom. The fraction of sp³-hybridized carbons (Fsp3) is 0.0714. The van der Waals surface area contributed by atoms with Crippen LogP contribution in [-0.4, -0.2) is 11.1 Å². The highest BCUT2D eigenvalue weighted by Crippen LogP contribution is 2.32. The highest BCUT2D eigenvalue weighted by atomic mass is 35.5. The van der Waals surface area contributed by atoms with Gasteiger partial charge in [0.05, 0.1) is 5.56 Å². The first-order valence-corrected chi connectivity index (χ1v) is 5.77. The van der Waals surface area contributed by atoms with E-state index < -0.39 is 17.6 Å². The van der Waals surface area contributed by atoms with Crippen LogP contribution in [0.1, 0.15) is 15.9 Å². The second kappa shape index (κ2) is 4.97. The largest absolute Gasteiger partial charge is 0.478 e. The summed E-state index contributed by atoms with van der Waals surface area (Å²) in [6.45, 7) is 1.46. The SMILES string of the molecule is Cc1ccc(-c2ccc(C(=O)O)cc2Cl)c(F)c1F. The predicted molar refractivity (Wildman–Crippen MR) is 68.5 cm³/mol. The van der Waals surface area contributed by atoms with E-state index in [1.54, 1.807) is 0 Å². The van der Waals surface area contributed by atoms with Crippen molar-refractivity contribution in [2.75, 3.05) is 0 Å². The minimum absolute atomic E-state index is 0.00467. The van der Waals surface area contributed by atoms with Gasteiger partial charge in [-0.3, -0.25) is 0 Å². The van der Waals surface area contributed by atoms with Crippen molar-refractivity contribution in [2.24, 2.45) is 0 Å². The molecule has 0 unspecified atom stereocenters. The van der Waals surface area contributed by atoms with E-state index >= 15 is 0 Å². The van der Waals surface area contributed by atoms with Gasteiger partial charge in [-0.2, -0.15) is 0 Å². The molecule has 0 heterocycles. The molecule has 0 radical (unpaired) electrons. The summed E-state index contributed by atoms with van der Waals surface area (Å²) in [4.78, 5) is 10.8. The summed E-state index contributed by atoms with van der Waals surface area (Å²) in [5.74, 6) is -3.06. The fourth-order valence-electron chi connectivity index (χ4n) is 1.72. The quantitative estimate of drug-likeness (QED) is 0.892. The van der Waals surface area contributed by atoms with E-state index in [2.05, 4.69) is 0 Å². The first kappa shape index (κ1) is 13.5. The summed E-state index contributed by atoms with van der Waals surface area (Å²) in [5, 5.41) is 8.87. The van der Waals surface area contributed by atoms with Crippen LogP contribution in [0, 0.1) is 18.6 Å². The lowest BCUT2D eigenvalue weighted by Gasteiger charge is -2.08. The maximum Gasteiger partial charge on any atom is 0.335 e. The molecule has 0 bridgehead atoms. The number of hydrogen-bond acceptors (Lipinski definition) is 1. The number of halogens is 3. The highest BCUT2D eigenvalue weighted by Gasteiger charge is 2.16. The molecule has 0 aliphatic carbocycles. The van der Waals surface area contributed by atoms with Crippen molar-refractivity contribution in [3.8, 4) is 11.1 Å². The van der Waals surface area contributed by atoms with Crippen LogP contribution in [0.5, 0.6) is 0 Å². The van der Waals surface area contributed by atoms with Gasteiger partial charge in [-0.15, -0.1) is 0 Å². The zero-order chi connectivity index (χ0) is 14.2. The first-order chi connectivity index (χ1) is 8.91. The lowest BCUT2D eigenvalue weighted by molar-refractivity contribution is 0.0697. The molecule has 2 aromatic rings. The van der Waals surface area contributed by atoms with Gasteiger partial charge in [-0.1, -0.05) is 29.8 Å². The Kier molecular flexibility index (Phi) is 3.53. The van der Waals surface area contributed by atoms with Gasteiger partial charge in [-0.05, 0) is 24.6 Å². The third-order valence-electron chi connectivity index (χ3n) is 2.78. The smallest absolute Gasteiger partial charge is 0.335 e. The summed E-state index contributed by atoms with van der Waals surface area (Å²) < 4.78 is 27.3. The normalized spacial score (nSPS) is 10.5. The van der Waals surface area contributed by atoms with Crippen molar-refractivity contribution in [1.82, 2.24) is 0 Å². The first-order valence-electron chi connectivity index (χ1n) is 5.39. The van der Waals surface area contributed by atoms with E-state index in [0.717, 1.165) is 0 Å². The van der Waals surface area contributed by atoms with Crippen LogP contribution in [0.25, 0.3) is 11.1 Å². The van der Waals surface area contributed by atoms with Crippen molar-refractivity contribution in [3.05, 3.63) is 58.1 Å². The Bertz CT molecular complexity index is 669. The lowest BCUT2D eigenvalue weighted by atomic mass is 10.0. The molecule has 0 spiro atoms. The fourth-order valence-corrected chi connectivity index (χ4v) is 2.00. The maximum absolute atomic E-state index is 13.8. The van der Waals surface area contributed by atoms with Crippen LogP contribution >= 0.6 is 11.6 Å². The van der Waals surface area contributed by atoms with E-state index in [4.69, 9.17) is 16.7 Å². The van der Waals surface area contributed by atoms with E-state index in [0.29, 0.717) is 0 Å². The summed E-state index contributed by atoms with van der Waals surface area (Å²) in [7, 11) is 0. The molecule has 0 aliphatic rings. The van der Waals surface area contributed by atoms with Crippen molar-refractivity contribution in [1.29, 1.82) is 0 Å². The molecule has 0 saturated heterocycles. The van der Waals surface area contributed by atoms with E-state index in [1.807, 2.05) is 0 Å². The molecule has 0 fully saturated rings. The van der Waals surface area contributed by atoms with E-state index in [9.17, 15) is 13.6 Å². The Labute approximate surface area is 113 Å². The summed E-state index contributed by atoms with van der Waals surface area (Å²) >= 11 is 5.92. The number of aryl methyl sites for hydroxylation is 1. The second-order valence-corrected chi connectivity index (χ2v) is 4.46. The summed E-state index contributed by atoms with van der Waals surface area (Å²) in [6, 6.07) is 6.71. The zero-order valence-electron chi connectivity index (χ0n) is 9.88. The number of carboxylic acids is 1. The Morgan fingerprint density at radius 2 is 1.74 bits per heavy atom. The van der Waals surface area contributed by atoms with Gasteiger partial charge in [0.1, 0.15) is 0 Å². The highest BCUT2D eigenvalue weighted by molar-refractivity contribution is 6.33. The van der Waals surface area contributed by atoms with Gasteiger partial charge in [0.2, 0.25) is 0 Å². The van der Waals surface area contributed by atoms with Gasteiger partial charge in [0.25, 0.3) is 0 Å². The van der Waals surface area contributed by atoms with Gasteiger partial charge in [0.15, 0.2) is 11.6 Å². The molecule has 2 rings (SSSR count). The van der Waals surface area contributed by atoms with Gasteiger partial charge in [0, 0.05) is 16.1 Å². The molecule has 0 atom stereocenters. The molecular formula is C14H9ClF2O2. The van der Waals surface area contributed by atoms with Crippen molar-refractivity contribution in [2.45, 2.75) is 6.92 Å².